The smallest absolute Gasteiger partial charge is 0.0724 e. The van der Waals surface area contributed by atoms with Crippen molar-refractivity contribution >= 4 is 55.6 Å². The fourth-order valence-electron chi connectivity index (χ4n) is 6.65. The molecule has 0 atom stereocenters. The molecule has 3 heterocycles. The number of allylic oxidation sites excluding steroid dienone is 1. The molecule has 5 aromatic carbocycles. The van der Waals surface area contributed by atoms with Gasteiger partial charge >= 0.3 is 0 Å². The maximum Gasteiger partial charge on any atom is 0.0724 e. The average molecular weight is 552 g/mol. The van der Waals surface area contributed by atoms with E-state index in [-0.39, 0.29) is 0 Å². The molecule has 0 unspecified atom stereocenters. The summed E-state index contributed by atoms with van der Waals surface area (Å²) in [5.41, 5.74) is 10.3. The van der Waals surface area contributed by atoms with Gasteiger partial charge in [0, 0.05) is 39.3 Å². The monoisotopic (exact) mass is 551 g/mol. The highest BCUT2D eigenvalue weighted by atomic mass is 15.0. The summed E-state index contributed by atoms with van der Waals surface area (Å²) in [6.07, 6.45) is 10.2. The van der Waals surface area contributed by atoms with E-state index in [1.54, 1.807) is 0 Å². The van der Waals surface area contributed by atoms with Crippen LogP contribution in [0.3, 0.4) is 0 Å². The van der Waals surface area contributed by atoms with E-state index < -0.39 is 0 Å². The number of fused-ring (bicyclic) bond motifs is 5. The van der Waals surface area contributed by atoms with E-state index in [2.05, 4.69) is 155 Å². The van der Waals surface area contributed by atoms with Crippen LogP contribution in [0.2, 0.25) is 0 Å². The van der Waals surface area contributed by atoms with Crippen molar-refractivity contribution in [2.45, 2.75) is 6.92 Å². The Labute approximate surface area is 250 Å². The first-order chi connectivity index (χ1) is 21.3. The van der Waals surface area contributed by atoms with Crippen LogP contribution in [0, 0.1) is 0 Å². The molecular weight excluding hydrogens is 522 g/mol. The molecule has 0 aliphatic carbocycles. The second-order valence-corrected chi connectivity index (χ2v) is 10.9. The van der Waals surface area contributed by atoms with Gasteiger partial charge in [-0.15, -0.1) is 0 Å². The SMILES string of the molecule is C=Cc1c(/C=C\C)c2c(-c3ccc4c5ccncc5n(-c5ccccc5)c4c3)cccc2n1-c1ccc2ccccc2c1. The molecule has 0 saturated carbocycles. The lowest BCUT2D eigenvalue weighted by Crippen LogP contribution is -1.97. The molecule has 0 aliphatic heterocycles. The summed E-state index contributed by atoms with van der Waals surface area (Å²) in [6, 6.07) is 41.3. The Morgan fingerprint density at radius 1 is 0.651 bits per heavy atom. The second-order valence-electron chi connectivity index (χ2n) is 10.9. The van der Waals surface area contributed by atoms with Crippen molar-refractivity contribution in [2.75, 3.05) is 0 Å². The van der Waals surface area contributed by atoms with Gasteiger partial charge in [-0.3, -0.25) is 4.98 Å². The van der Waals surface area contributed by atoms with Gasteiger partial charge in [-0.25, -0.2) is 0 Å². The van der Waals surface area contributed by atoms with Crippen LogP contribution in [0.1, 0.15) is 18.2 Å². The summed E-state index contributed by atoms with van der Waals surface area (Å²) in [6.45, 7) is 6.34. The highest BCUT2D eigenvalue weighted by Gasteiger charge is 2.20. The molecule has 204 valence electrons. The van der Waals surface area contributed by atoms with Gasteiger partial charge < -0.3 is 9.13 Å². The zero-order chi connectivity index (χ0) is 28.9. The summed E-state index contributed by atoms with van der Waals surface area (Å²) < 4.78 is 4.67. The van der Waals surface area contributed by atoms with Crippen molar-refractivity contribution < 1.29 is 0 Å². The van der Waals surface area contributed by atoms with Gasteiger partial charge in [0.2, 0.25) is 0 Å². The van der Waals surface area contributed by atoms with Crippen LogP contribution in [-0.2, 0) is 0 Å². The number of hydrogen-bond acceptors (Lipinski definition) is 1. The Kier molecular flexibility index (Phi) is 5.83. The molecule has 8 aromatic rings. The molecule has 0 N–H and O–H groups in total. The normalized spacial score (nSPS) is 11.8. The minimum Gasteiger partial charge on any atom is -0.309 e. The summed E-state index contributed by atoms with van der Waals surface area (Å²) >= 11 is 0. The molecule has 0 spiro atoms. The minimum absolute atomic E-state index is 1.08. The van der Waals surface area contributed by atoms with E-state index >= 15 is 0 Å². The molecule has 43 heavy (non-hydrogen) atoms. The predicted octanol–water partition coefficient (Wildman–Crippen LogP) is 10.6. The lowest BCUT2D eigenvalue weighted by Gasteiger charge is -2.11. The molecule has 0 amide bonds. The van der Waals surface area contributed by atoms with E-state index in [1.807, 2.05) is 18.5 Å². The Balaban J connectivity index is 1.43. The first-order valence-electron chi connectivity index (χ1n) is 14.6. The molecule has 0 saturated heterocycles. The van der Waals surface area contributed by atoms with Crippen molar-refractivity contribution in [1.82, 2.24) is 14.1 Å². The Hall–Kier alpha value is -5.67. The topological polar surface area (TPSA) is 22.8 Å². The fraction of sp³-hybridized carbons (Fsp3) is 0.0250. The summed E-state index contributed by atoms with van der Waals surface area (Å²) in [5, 5.41) is 6.08. The number of nitrogens with zero attached hydrogens (tertiary/aromatic N) is 3. The number of benzene rings is 5. The lowest BCUT2D eigenvalue weighted by atomic mass is 9.97. The average Bonchev–Trinajstić information content (AvgIpc) is 3.57. The van der Waals surface area contributed by atoms with Gasteiger partial charge in [0.05, 0.1) is 28.4 Å². The summed E-state index contributed by atoms with van der Waals surface area (Å²) in [4.78, 5) is 4.48. The van der Waals surface area contributed by atoms with Crippen molar-refractivity contribution in [3.63, 3.8) is 0 Å². The van der Waals surface area contributed by atoms with Gasteiger partial charge in [0.1, 0.15) is 0 Å². The number of hydrogen-bond donors (Lipinski definition) is 0. The molecule has 8 rings (SSSR count). The molecular formula is C40H29N3. The standard InChI is InChI=1S/C40H29N3/c1-3-11-35-36(4-2)43(31-20-18-27-12-8-9-13-28(27)24-31)37-17-10-16-32(40(35)37)29-19-21-33-34-22-23-41-26-39(34)42(38(33)25-29)30-14-6-5-7-15-30/h3-26H,2H2,1H3/b11-3-. The zero-order valence-electron chi connectivity index (χ0n) is 23.9. The molecule has 3 heteroatoms. The number of rotatable bonds is 5. The number of aromatic nitrogens is 3. The zero-order valence-corrected chi connectivity index (χ0v) is 23.9. The predicted molar refractivity (Wildman–Crippen MR) is 183 cm³/mol. The third kappa shape index (κ3) is 3.86. The highest BCUT2D eigenvalue weighted by Crippen LogP contribution is 2.41. The Morgan fingerprint density at radius 2 is 1.47 bits per heavy atom. The van der Waals surface area contributed by atoms with E-state index in [0.29, 0.717) is 0 Å². The van der Waals surface area contributed by atoms with Gasteiger partial charge in [-0.1, -0.05) is 91.5 Å². The van der Waals surface area contributed by atoms with Crippen molar-refractivity contribution in [1.29, 1.82) is 0 Å². The lowest BCUT2D eigenvalue weighted by molar-refractivity contribution is 1.11. The molecule has 0 fully saturated rings. The Morgan fingerprint density at radius 3 is 2.30 bits per heavy atom. The van der Waals surface area contributed by atoms with Crippen LogP contribution in [0.25, 0.3) is 78.1 Å². The van der Waals surface area contributed by atoms with Gasteiger partial charge in [0.25, 0.3) is 0 Å². The third-order valence-electron chi connectivity index (χ3n) is 8.48. The molecule has 0 bridgehead atoms. The van der Waals surface area contributed by atoms with Crippen molar-refractivity contribution in [2.24, 2.45) is 0 Å². The van der Waals surface area contributed by atoms with Crippen molar-refractivity contribution in [3.05, 3.63) is 152 Å². The van der Waals surface area contributed by atoms with Crippen LogP contribution in [0.15, 0.2) is 140 Å². The maximum atomic E-state index is 4.48. The number of para-hydroxylation sites is 1. The molecule has 3 nitrogen and oxygen atoms in total. The first kappa shape index (κ1) is 25.1. The quantitative estimate of drug-likeness (QED) is 0.209. The molecule has 0 aliphatic rings. The van der Waals surface area contributed by atoms with Crippen molar-refractivity contribution in [3.8, 4) is 22.5 Å². The molecule has 3 aromatic heterocycles. The third-order valence-corrected chi connectivity index (χ3v) is 8.48. The van der Waals surface area contributed by atoms with Crippen LogP contribution >= 0.6 is 0 Å². The fourth-order valence-corrected chi connectivity index (χ4v) is 6.65. The van der Waals surface area contributed by atoms with Crippen LogP contribution in [0.5, 0.6) is 0 Å². The van der Waals surface area contributed by atoms with E-state index in [9.17, 15) is 0 Å². The minimum atomic E-state index is 1.08. The van der Waals surface area contributed by atoms with E-state index in [4.69, 9.17) is 0 Å². The van der Waals surface area contributed by atoms with Gasteiger partial charge in [-0.05, 0) is 77.4 Å². The van der Waals surface area contributed by atoms with E-state index in [1.165, 1.54) is 43.6 Å². The van der Waals surface area contributed by atoms with Crippen LogP contribution in [0.4, 0.5) is 0 Å². The maximum absolute atomic E-state index is 4.48. The summed E-state index contributed by atoms with van der Waals surface area (Å²) in [7, 11) is 0. The first-order valence-corrected chi connectivity index (χ1v) is 14.6. The van der Waals surface area contributed by atoms with Crippen LogP contribution in [-0.4, -0.2) is 14.1 Å². The molecule has 0 radical (unpaired) electrons. The van der Waals surface area contributed by atoms with Gasteiger partial charge in [-0.2, -0.15) is 0 Å². The summed E-state index contributed by atoms with van der Waals surface area (Å²) in [5.74, 6) is 0. The number of pyridine rings is 1. The largest absolute Gasteiger partial charge is 0.309 e. The second kappa shape index (κ2) is 10.0. The van der Waals surface area contributed by atoms with Crippen LogP contribution < -0.4 is 0 Å². The highest BCUT2D eigenvalue weighted by molar-refractivity contribution is 6.11. The Bertz CT molecular complexity index is 2370. The van der Waals surface area contributed by atoms with Gasteiger partial charge in [0.15, 0.2) is 0 Å². The van der Waals surface area contributed by atoms with E-state index in [0.717, 1.165) is 33.6 Å².